The Hall–Kier alpha value is 0.650. The molecule has 0 bridgehead atoms. The molecule has 50 valence electrons. The molecule has 0 aromatic rings. The number of alkyl halides is 1. The zero-order valence-electron chi connectivity index (χ0n) is 4.93. The van der Waals surface area contributed by atoms with Crippen LogP contribution in [0.15, 0.2) is 0 Å². The third-order valence-electron chi connectivity index (χ3n) is 0.859. The fourth-order valence-corrected chi connectivity index (χ4v) is 0.553. The predicted molar refractivity (Wildman–Crippen MR) is 41.1 cm³/mol. The summed E-state index contributed by atoms with van der Waals surface area (Å²) in [7, 11) is 0. The Balaban J connectivity index is 2.86. The lowest BCUT2D eigenvalue weighted by atomic mass is 10.3. The first kappa shape index (κ1) is 8.65. The minimum absolute atomic E-state index is 0.273. The van der Waals surface area contributed by atoms with Crippen LogP contribution in [0, 0.1) is 0 Å². The number of rotatable bonds is 4. The zero-order valence-corrected chi connectivity index (χ0v) is 7.09. The Morgan fingerprint density at radius 3 is 2.75 bits per heavy atom. The third-order valence-corrected chi connectivity index (χ3v) is 1.30. The molecular formula is C5H11IO2. The van der Waals surface area contributed by atoms with E-state index < -0.39 is 0 Å². The first-order valence-electron chi connectivity index (χ1n) is 2.63. The Morgan fingerprint density at radius 1 is 1.75 bits per heavy atom. The van der Waals surface area contributed by atoms with E-state index in [9.17, 15) is 0 Å². The van der Waals surface area contributed by atoms with Crippen LogP contribution < -0.4 is 0 Å². The fraction of sp³-hybridized carbons (Fsp3) is 1.00. The molecule has 0 fully saturated rings. The van der Waals surface area contributed by atoms with Crippen molar-refractivity contribution < 1.29 is 9.84 Å². The van der Waals surface area contributed by atoms with Gasteiger partial charge in [-0.05, 0) is 6.42 Å². The largest absolute Gasteiger partial charge is 0.391 e. The highest BCUT2D eigenvalue weighted by Crippen LogP contribution is 1.92. The molecule has 1 N–H and O–H groups in total. The molecular weight excluding hydrogens is 219 g/mol. The van der Waals surface area contributed by atoms with Gasteiger partial charge in [-0.3, -0.25) is 0 Å². The molecule has 3 heteroatoms. The first-order valence-corrected chi connectivity index (χ1v) is 4.15. The fourth-order valence-electron chi connectivity index (χ4n) is 0.298. The third kappa shape index (κ3) is 4.80. The SMILES string of the molecule is CCC(O)COCI. The molecule has 0 spiro atoms. The second-order valence-corrected chi connectivity index (χ2v) is 2.16. The van der Waals surface area contributed by atoms with Gasteiger partial charge in [0.05, 0.1) is 17.3 Å². The molecule has 2 nitrogen and oxygen atoms in total. The van der Waals surface area contributed by atoms with Crippen LogP contribution in [0.5, 0.6) is 0 Å². The molecule has 8 heavy (non-hydrogen) atoms. The van der Waals surface area contributed by atoms with Crippen molar-refractivity contribution in [1.29, 1.82) is 0 Å². The lowest BCUT2D eigenvalue weighted by Crippen LogP contribution is -2.12. The Bertz CT molecular complexity index is 49.7. The maximum absolute atomic E-state index is 8.86. The van der Waals surface area contributed by atoms with E-state index in [4.69, 9.17) is 9.84 Å². The first-order chi connectivity index (χ1) is 3.81. The van der Waals surface area contributed by atoms with Crippen molar-refractivity contribution in [1.82, 2.24) is 0 Å². The van der Waals surface area contributed by atoms with E-state index in [2.05, 4.69) is 22.6 Å². The van der Waals surface area contributed by atoms with E-state index in [0.29, 0.717) is 11.2 Å². The Labute approximate surface area is 63.4 Å². The average Bonchev–Trinajstić information content (AvgIpc) is 1.83. The van der Waals surface area contributed by atoms with Gasteiger partial charge in [0, 0.05) is 0 Å². The van der Waals surface area contributed by atoms with Gasteiger partial charge >= 0.3 is 0 Å². The van der Waals surface area contributed by atoms with Gasteiger partial charge in [-0.25, -0.2) is 0 Å². The Kier molecular flexibility index (Phi) is 6.25. The maximum Gasteiger partial charge on any atom is 0.0980 e. The normalized spacial score (nSPS) is 13.9. The van der Waals surface area contributed by atoms with Crippen molar-refractivity contribution in [2.75, 3.05) is 11.2 Å². The minimum Gasteiger partial charge on any atom is -0.391 e. The van der Waals surface area contributed by atoms with E-state index in [1.54, 1.807) is 0 Å². The summed E-state index contributed by atoms with van der Waals surface area (Å²) in [6.45, 7) is 2.40. The molecule has 0 heterocycles. The van der Waals surface area contributed by atoms with E-state index in [-0.39, 0.29) is 6.10 Å². The van der Waals surface area contributed by atoms with Crippen LogP contribution in [-0.4, -0.2) is 22.4 Å². The van der Waals surface area contributed by atoms with Crippen LogP contribution in [-0.2, 0) is 4.74 Å². The van der Waals surface area contributed by atoms with Crippen LogP contribution in [0.3, 0.4) is 0 Å². The van der Waals surface area contributed by atoms with Crippen molar-refractivity contribution in [3.63, 3.8) is 0 Å². The Morgan fingerprint density at radius 2 is 2.38 bits per heavy atom. The number of aliphatic hydroxyl groups excluding tert-OH is 1. The monoisotopic (exact) mass is 230 g/mol. The molecule has 0 aromatic heterocycles. The number of hydrogen-bond acceptors (Lipinski definition) is 2. The van der Waals surface area contributed by atoms with E-state index in [0.717, 1.165) is 6.42 Å². The number of halogens is 1. The summed E-state index contributed by atoms with van der Waals surface area (Å²) in [5.41, 5.74) is 0. The quantitative estimate of drug-likeness (QED) is 0.580. The van der Waals surface area contributed by atoms with Crippen LogP contribution in [0.1, 0.15) is 13.3 Å². The average molecular weight is 230 g/mol. The van der Waals surface area contributed by atoms with Gasteiger partial charge in [0.2, 0.25) is 0 Å². The molecule has 0 aliphatic rings. The second kappa shape index (κ2) is 5.78. The molecule has 0 radical (unpaired) electrons. The summed E-state index contributed by atoms with van der Waals surface area (Å²) in [4.78, 5) is 0. The van der Waals surface area contributed by atoms with Gasteiger partial charge in [0.1, 0.15) is 0 Å². The molecule has 1 atom stereocenters. The number of ether oxygens (including phenoxy) is 1. The highest BCUT2D eigenvalue weighted by molar-refractivity contribution is 14.1. The summed E-state index contributed by atoms with van der Waals surface area (Å²) in [5, 5.41) is 8.86. The van der Waals surface area contributed by atoms with Crippen LogP contribution in [0.2, 0.25) is 0 Å². The summed E-state index contributed by atoms with van der Waals surface area (Å²) in [6.07, 6.45) is 0.501. The van der Waals surface area contributed by atoms with E-state index in [1.807, 2.05) is 6.92 Å². The van der Waals surface area contributed by atoms with Gasteiger partial charge in [0.25, 0.3) is 0 Å². The highest BCUT2D eigenvalue weighted by atomic mass is 127. The molecule has 0 aliphatic heterocycles. The minimum atomic E-state index is -0.273. The zero-order chi connectivity index (χ0) is 6.41. The van der Waals surface area contributed by atoms with Crippen molar-refractivity contribution in [3.8, 4) is 0 Å². The lowest BCUT2D eigenvalue weighted by molar-refractivity contribution is 0.0593. The lowest BCUT2D eigenvalue weighted by Gasteiger charge is -2.04. The van der Waals surface area contributed by atoms with Crippen LogP contribution in [0.25, 0.3) is 0 Å². The van der Waals surface area contributed by atoms with Gasteiger partial charge in [0.15, 0.2) is 0 Å². The summed E-state index contributed by atoms with van der Waals surface area (Å²) in [6, 6.07) is 0. The predicted octanol–water partition coefficient (Wildman–Crippen LogP) is 1.17. The summed E-state index contributed by atoms with van der Waals surface area (Å²) >= 11 is 2.10. The number of aliphatic hydroxyl groups is 1. The summed E-state index contributed by atoms with van der Waals surface area (Å²) in [5.74, 6) is 0. The van der Waals surface area contributed by atoms with Gasteiger partial charge in [-0.15, -0.1) is 0 Å². The molecule has 0 amide bonds. The second-order valence-electron chi connectivity index (χ2n) is 1.54. The molecule has 0 rings (SSSR count). The highest BCUT2D eigenvalue weighted by Gasteiger charge is 1.97. The van der Waals surface area contributed by atoms with Crippen molar-refractivity contribution in [3.05, 3.63) is 0 Å². The summed E-state index contributed by atoms with van der Waals surface area (Å²) < 4.78 is 5.58. The van der Waals surface area contributed by atoms with Crippen LogP contribution in [0.4, 0.5) is 0 Å². The standard InChI is InChI=1S/C5H11IO2/c1-2-5(7)3-8-4-6/h5,7H,2-4H2,1H3. The van der Waals surface area contributed by atoms with Crippen LogP contribution >= 0.6 is 22.6 Å². The topological polar surface area (TPSA) is 29.5 Å². The maximum atomic E-state index is 8.86. The van der Waals surface area contributed by atoms with E-state index in [1.165, 1.54) is 0 Å². The molecule has 0 saturated carbocycles. The van der Waals surface area contributed by atoms with Crippen molar-refractivity contribution in [2.24, 2.45) is 0 Å². The van der Waals surface area contributed by atoms with Crippen molar-refractivity contribution >= 4 is 22.6 Å². The van der Waals surface area contributed by atoms with Gasteiger partial charge in [-0.1, -0.05) is 29.5 Å². The molecule has 0 aliphatic carbocycles. The van der Waals surface area contributed by atoms with E-state index >= 15 is 0 Å². The molecule has 0 saturated heterocycles. The molecule has 0 aromatic carbocycles. The number of hydrogen-bond donors (Lipinski definition) is 1. The van der Waals surface area contributed by atoms with Crippen molar-refractivity contribution in [2.45, 2.75) is 19.4 Å². The molecule has 1 unspecified atom stereocenters. The van der Waals surface area contributed by atoms with Gasteiger partial charge in [-0.2, -0.15) is 0 Å². The smallest absolute Gasteiger partial charge is 0.0980 e. The van der Waals surface area contributed by atoms with Gasteiger partial charge < -0.3 is 9.84 Å².